The fraction of sp³-hybridized carbons (Fsp3) is 1.00. The second kappa shape index (κ2) is 2.63. The summed E-state index contributed by atoms with van der Waals surface area (Å²) in [6, 6.07) is 0. The summed E-state index contributed by atoms with van der Waals surface area (Å²) in [5, 5.41) is 0.757. The standard InChI is InChI=1S/C4H10I4S/c1-4(2)9(3,5,6,7)8/h4H,1-3H3. The summed E-state index contributed by atoms with van der Waals surface area (Å²) in [6.45, 7) is 4.58. The molecule has 0 nitrogen and oxygen atoms in total. The van der Waals surface area contributed by atoms with E-state index >= 15 is 0 Å². The van der Waals surface area contributed by atoms with Crippen molar-refractivity contribution in [1.82, 2.24) is 0 Å². The van der Waals surface area contributed by atoms with E-state index in [1.165, 1.54) is 0 Å². The van der Waals surface area contributed by atoms with Gasteiger partial charge in [-0.1, -0.05) is 13.8 Å². The van der Waals surface area contributed by atoms with Gasteiger partial charge in [0.25, 0.3) is 0 Å². The van der Waals surface area contributed by atoms with Gasteiger partial charge in [0.05, 0.1) is 0 Å². The van der Waals surface area contributed by atoms with Gasteiger partial charge in [0.2, 0.25) is 0 Å². The van der Waals surface area contributed by atoms with Crippen LogP contribution in [0.3, 0.4) is 0 Å². The summed E-state index contributed by atoms with van der Waals surface area (Å²) in [4.78, 5) is 0. The Bertz CT molecular complexity index is 116. The first-order valence-corrected chi connectivity index (χ1v) is 15.5. The second-order valence-corrected chi connectivity index (χ2v) is 69.5. The molecule has 0 unspecified atom stereocenters. The highest BCUT2D eigenvalue weighted by atomic mass is 127. The topological polar surface area (TPSA) is 0 Å². The van der Waals surface area contributed by atoms with Gasteiger partial charge >= 0.3 is 0 Å². The molecule has 0 aliphatic carbocycles. The van der Waals surface area contributed by atoms with Crippen LogP contribution in [0.2, 0.25) is 0 Å². The molecule has 0 spiro atoms. The molecule has 9 heavy (non-hydrogen) atoms. The molecule has 0 radical (unpaired) electrons. The van der Waals surface area contributed by atoms with Crippen LogP contribution in [0.4, 0.5) is 0 Å². The largest absolute Gasteiger partial charge is 0.109 e. The quantitative estimate of drug-likeness (QED) is 0.360. The van der Waals surface area contributed by atoms with Crippen molar-refractivity contribution in [3.63, 3.8) is 0 Å². The lowest BCUT2D eigenvalue weighted by Crippen LogP contribution is -2.14. The maximum atomic E-state index is 2.61. The Labute approximate surface area is 105 Å². The highest BCUT2D eigenvalue weighted by Crippen LogP contribution is 3.12. The van der Waals surface area contributed by atoms with Gasteiger partial charge in [-0.3, -0.25) is 0 Å². The maximum Gasteiger partial charge on any atom is 0.000912 e. The Morgan fingerprint density at radius 3 is 1.11 bits per heavy atom. The lowest BCUT2D eigenvalue weighted by molar-refractivity contribution is 1.11. The molecule has 0 aliphatic rings. The van der Waals surface area contributed by atoms with Crippen LogP contribution in [0.15, 0.2) is 0 Å². The molecule has 0 saturated carbocycles. The first-order chi connectivity index (χ1) is 3.43. The summed E-state index contributed by atoms with van der Waals surface area (Å²) in [6.07, 6.45) is 2.37. The normalized spacial score (nSPS) is 21.3. The third kappa shape index (κ3) is 5.50. The van der Waals surface area contributed by atoms with Gasteiger partial charge in [-0.05, 0) is 91.1 Å². The molecule has 0 bridgehead atoms. The Kier molecular flexibility index (Phi) is 3.58. The van der Waals surface area contributed by atoms with E-state index < -0.39 is -3.02 Å². The maximum absolute atomic E-state index is 2.61. The third-order valence-electron chi connectivity index (χ3n) is 1.18. The minimum absolute atomic E-state index is 0.757. The average molecular weight is 598 g/mol. The van der Waals surface area contributed by atoms with Crippen LogP contribution in [0.25, 0.3) is 0 Å². The molecular weight excluding hydrogens is 588 g/mol. The molecule has 0 atom stereocenters. The number of halogens is 4. The van der Waals surface area contributed by atoms with Crippen molar-refractivity contribution in [3.05, 3.63) is 0 Å². The van der Waals surface area contributed by atoms with Crippen molar-refractivity contribution < 1.29 is 0 Å². The molecule has 0 aliphatic heterocycles. The zero-order valence-electron chi connectivity index (χ0n) is 5.50. The molecule has 0 aromatic rings. The molecule has 0 fully saturated rings. The van der Waals surface area contributed by atoms with E-state index in [-0.39, 0.29) is 0 Å². The van der Waals surface area contributed by atoms with Crippen molar-refractivity contribution in [2.45, 2.75) is 19.1 Å². The van der Waals surface area contributed by atoms with Gasteiger partial charge in [0.15, 0.2) is 0 Å². The van der Waals surface area contributed by atoms with Gasteiger partial charge in [-0.15, -0.1) is -3.02 Å². The van der Waals surface area contributed by atoms with Gasteiger partial charge in [0.1, 0.15) is 0 Å². The van der Waals surface area contributed by atoms with E-state index in [2.05, 4.69) is 105 Å². The van der Waals surface area contributed by atoms with E-state index in [0.29, 0.717) is 0 Å². The zero-order chi connectivity index (χ0) is 7.99. The van der Waals surface area contributed by atoms with Crippen molar-refractivity contribution in [3.8, 4) is 0 Å². The van der Waals surface area contributed by atoms with Crippen LogP contribution >= 0.6 is 81.8 Å². The molecule has 5 heteroatoms. The van der Waals surface area contributed by atoms with E-state index in [9.17, 15) is 0 Å². The summed E-state index contributed by atoms with van der Waals surface area (Å²) in [5.74, 6) is 0. The molecule has 0 aromatic heterocycles. The first-order valence-electron chi connectivity index (χ1n) is 2.42. The minimum atomic E-state index is -1.73. The fourth-order valence-corrected chi connectivity index (χ4v) is 0. The van der Waals surface area contributed by atoms with Crippen LogP contribution in [0.1, 0.15) is 13.8 Å². The summed E-state index contributed by atoms with van der Waals surface area (Å²) in [5.41, 5.74) is 0. The van der Waals surface area contributed by atoms with Gasteiger partial charge < -0.3 is 0 Å². The predicted molar refractivity (Wildman–Crippen MR) is 84.7 cm³/mol. The van der Waals surface area contributed by atoms with Crippen LogP contribution < -0.4 is 0 Å². The van der Waals surface area contributed by atoms with Crippen LogP contribution in [0, 0.1) is 0 Å². The molecule has 0 heterocycles. The van der Waals surface area contributed by atoms with E-state index in [0.717, 1.165) is 5.25 Å². The number of hydrogen-bond acceptors (Lipinski definition) is 0. The summed E-state index contributed by atoms with van der Waals surface area (Å²) >= 11 is 10.5. The lowest BCUT2D eigenvalue weighted by atomic mass is 10.6. The average Bonchev–Trinajstić information content (AvgIpc) is 1.24. The molecular formula is C4H10I4S. The van der Waals surface area contributed by atoms with Crippen molar-refractivity contribution in [2.24, 2.45) is 0 Å². The monoisotopic (exact) mass is 598 g/mol. The number of hydrogen-bond donors (Lipinski definition) is 0. The highest BCUT2D eigenvalue weighted by molar-refractivity contribution is 14.6. The fourth-order valence-electron chi connectivity index (χ4n) is 0. The van der Waals surface area contributed by atoms with Crippen molar-refractivity contribution >= 4 is 81.8 Å². The van der Waals surface area contributed by atoms with Crippen molar-refractivity contribution in [2.75, 3.05) is 6.26 Å². The van der Waals surface area contributed by atoms with Crippen LogP contribution in [-0.2, 0) is 0 Å². The summed E-state index contributed by atoms with van der Waals surface area (Å²) in [7, 11) is 0. The second-order valence-electron chi connectivity index (χ2n) is 2.61. The molecule has 0 saturated heterocycles. The SMILES string of the molecule is CC(C)S(C)(I)(I)(I)I. The Hall–Kier alpha value is 3.27. The van der Waals surface area contributed by atoms with Gasteiger partial charge in [0, 0.05) is 5.25 Å². The Balaban J connectivity index is 4.76. The first kappa shape index (κ1) is 12.3. The minimum Gasteiger partial charge on any atom is -0.109 e. The molecule has 0 aromatic carbocycles. The highest BCUT2D eigenvalue weighted by Gasteiger charge is 2.49. The van der Waals surface area contributed by atoms with Crippen LogP contribution in [0.5, 0.6) is 0 Å². The smallest absolute Gasteiger partial charge is 0.000912 e. The third-order valence-corrected chi connectivity index (χ3v) is 15.8. The number of rotatable bonds is 1. The van der Waals surface area contributed by atoms with E-state index in [1.54, 1.807) is 0 Å². The summed E-state index contributed by atoms with van der Waals surface area (Å²) < 4.78 is -1.73. The Morgan fingerprint density at radius 2 is 1.11 bits per heavy atom. The van der Waals surface area contributed by atoms with Gasteiger partial charge in [-0.2, -0.15) is 0 Å². The molecule has 60 valence electrons. The predicted octanol–water partition coefficient (Wildman–Crippen LogP) is 5.30. The van der Waals surface area contributed by atoms with Crippen molar-refractivity contribution in [1.29, 1.82) is 0 Å². The van der Waals surface area contributed by atoms with Gasteiger partial charge in [-0.25, -0.2) is 0 Å². The molecule has 0 N–H and O–H groups in total. The van der Waals surface area contributed by atoms with E-state index in [4.69, 9.17) is 0 Å². The van der Waals surface area contributed by atoms with E-state index in [1.807, 2.05) is 0 Å². The molecule has 0 amide bonds. The lowest BCUT2D eigenvalue weighted by Gasteiger charge is -2.59. The molecule has 0 rings (SSSR count). The Morgan fingerprint density at radius 1 is 1.00 bits per heavy atom. The van der Waals surface area contributed by atoms with Crippen LogP contribution in [-0.4, -0.2) is 11.5 Å². The zero-order valence-corrected chi connectivity index (χ0v) is 14.9.